The summed E-state index contributed by atoms with van der Waals surface area (Å²) in [6.45, 7) is 3.56. The van der Waals surface area contributed by atoms with E-state index in [0.29, 0.717) is 24.5 Å². The van der Waals surface area contributed by atoms with Crippen molar-refractivity contribution < 1.29 is 9.90 Å². The fraction of sp³-hybridized carbons (Fsp3) is 0.667. The van der Waals surface area contributed by atoms with E-state index < -0.39 is 0 Å². The number of amides is 1. The lowest BCUT2D eigenvalue weighted by Gasteiger charge is -2.37. The maximum atomic E-state index is 12.6. The predicted molar refractivity (Wildman–Crippen MR) is 81.2 cm³/mol. The Labute approximate surface area is 125 Å². The number of hydrogen-bond donors (Lipinski definition) is 2. The fourth-order valence-electron chi connectivity index (χ4n) is 2.34. The molecule has 0 atom stereocenters. The molecule has 0 unspecified atom stereocenters. The standard InChI is InChI=1S/C15H24N4O2/c1-2-7-17-14-11-16-10-13(18-14)15(21)19(8-4-9-20)12-5-3-6-12/h10-12,20H,2-9H2,1H3,(H,17,18). The lowest BCUT2D eigenvalue weighted by Crippen LogP contribution is -2.45. The van der Waals surface area contributed by atoms with E-state index in [0.717, 1.165) is 32.2 Å². The molecule has 1 saturated carbocycles. The van der Waals surface area contributed by atoms with Crippen LogP contribution in [0, 0.1) is 0 Å². The lowest BCUT2D eigenvalue weighted by molar-refractivity contribution is 0.0556. The zero-order valence-corrected chi connectivity index (χ0v) is 12.6. The Hall–Kier alpha value is -1.69. The molecule has 1 aliphatic carbocycles. The maximum absolute atomic E-state index is 12.6. The second kappa shape index (κ2) is 7.93. The van der Waals surface area contributed by atoms with Crippen molar-refractivity contribution in [2.45, 2.75) is 45.1 Å². The van der Waals surface area contributed by atoms with Gasteiger partial charge in [0, 0.05) is 25.7 Å². The average Bonchev–Trinajstić information content (AvgIpc) is 2.47. The molecule has 0 saturated heterocycles. The first-order valence-corrected chi connectivity index (χ1v) is 7.74. The smallest absolute Gasteiger partial charge is 0.274 e. The van der Waals surface area contributed by atoms with E-state index in [1.54, 1.807) is 6.20 Å². The molecule has 1 aliphatic rings. The van der Waals surface area contributed by atoms with Crippen molar-refractivity contribution in [2.24, 2.45) is 0 Å². The fourth-order valence-corrected chi connectivity index (χ4v) is 2.34. The van der Waals surface area contributed by atoms with Crippen LogP contribution in [0.25, 0.3) is 0 Å². The largest absolute Gasteiger partial charge is 0.396 e. The van der Waals surface area contributed by atoms with E-state index in [2.05, 4.69) is 22.2 Å². The Morgan fingerprint density at radius 3 is 2.90 bits per heavy atom. The first-order valence-electron chi connectivity index (χ1n) is 7.74. The molecule has 1 fully saturated rings. The van der Waals surface area contributed by atoms with Gasteiger partial charge < -0.3 is 15.3 Å². The van der Waals surface area contributed by atoms with Crippen LogP contribution in [0.2, 0.25) is 0 Å². The molecular weight excluding hydrogens is 268 g/mol. The number of aliphatic hydroxyl groups excluding tert-OH is 1. The first-order chi connectivity index (χ1) is 10.3. The molecule has 0 aliphatic heterocycles. The SMILES string of the molecule is CCCNc1cncc(C(=O)N(CCCO)C2CCC2)n1. The van der Waals surface area contributed by atoms with Gasteiger partial charge in [0.25, 0.3) is 5.91 Å². The second-order valence-electron chi connectivity index (χ2n) is 5.38. The third-order valence-electron chi connectivity index (χ3n) is 3.74. The Morgan fingerprint density at radius 2 is 2.29 bits per heavy atom. The number of rotatable bonds is 8. The highest BCUT2D eigenvalue weighted by Gasteiger charge is 2.29. The number of nitrogens with one attached hydrogen (secondary N) is 1. The molecule has 6 heteroatoms. The minimum absolute atomic E-state index is 0.0826. The van der Waals surface area contributed by atoms with E-state index in [-0.39, 0.29) is 18.6 Å². The molecule has 2 N–H and O–H groups in total. The van der Waals surface area contributed by atoms with Crippen molar-refractivity contribution in [3.63, 3.8) is 0 Å². The van der Waals surface area contributed by atoms with Gasteiger partial charge >= 0.3 is 0 Å². The molecule has 2 rings (SSSR count). The van der Waals surface area contributed by atoms with Crippen molar-refractivity contribution in [1.82, 2.24) is 14.9 Å². The van der Waals surface area contributed by atoms with Crippen molar-refractivity contribution in [3.8, 4) is 0 Å². The lowest BCUT2D eigenvalue weighted by atomic mass is 9.91. The Kier molecular flexibility index (Phi) is 5.92. The molecule has 0 spiro atoms. The minimum Gasteiger partial charge on any atom is -0.396 e. The van der Waals surface area contributed by atoms with Crippen LogP contribution >= 0.6 is 0 Å². The zero-order chi connectivity index (χ0) is 15.1. The van der Waals surface area contributed by atoms with Crippen molar-refractivity contribution in [2.75, 3.05) is 25.0 Å². The molecule has 1 aromatic heterocycles. The Balaban J connectivity index is 2.07. The van der Waals surface area contributed by atoms with Gasteiger partial charge in [-0.1, -0.05) is 6.92 Å². The maximum Gasteiger partial charge on any atom is 0.274 e. The van der Waals surface area contributed by atoms with Crippen LogP contribution in [0.15, 0.2) is 12.4 Å². The van der Waals surface area contributed by atoms with Gasteiger partial charge in [0.2, 0.25) is 0 Å². The predicted octanol–water partition coefficient (Wildman–Crippen LogP) is 1.68. The van der Waals surface area contributed by atoms with Gasteiger partial charge in [-0.3, -0.25) is 9.78 Å². The van der Waals surface area contributed by atoms with Crippen LogP contribution in [0.3, 0.4) is 0 Å². The molecule has 6 nitrogen and oxygen atoms in total. The summed E-state index contributed by atoms with van der Waals surface area (Å²) in [7, 11) is 0. The van der Waals surface area contributed by atoms with Gasteiger partial charge in [-0.2, -0.15) is 0 Å². The van der Waals surface area contributed by atoms with Crippen LogP contribution in [-0.4, -0.2) is 51.6 Å². The van der Waals surface area contributed by atoms with Crippen LogP contribution in [-0.2, 0) is 0 Å². The van der Waals surface area contributed by atoms with Gasteiger partial charge in [-0.25, -0.2) is 4.98 Å². The summed E-state index contributed by atoms with van der Waals surface area (Å²) >= 11 is 0. The van der Waals surface area contributed by atoms with E-state index in [9.17, 15) is 4.79 Å². The number of carbonyl (C=O) groups is 1. The quantitative estimate of drug-likeness (QED) is 0.762. The van der Waals surface area contributed by atoms with Crippen molar-refractivity contribution in [3.05, 3.63) is 18.1 Å². The van der Waals surface area contributed by atoms with Crippen LogP contribution < -0.4 is 5.32 Å². The second-order valence-corrected chi connectivity index (χ2v) is 5.38. The molecule has 0 bridgehead atoms. The number of carbonyl (C=O) groups excluding carboxylic acids is 1. The Bertz CT molecular complexity index is 463. The average molecular weight is 292 g/mol. The summed E-state index contributed by atoms with van der Waals surface area (Å²) in [6, 6.07) is 0.290. The summed E-state index contributed by atoms with van der Waals surface area (Å²) in [5.41, 5.74) is 0.376. The van der Waals surface area contributed by atoms with E-state index in [4.69, 9.17) is 5.11 Å². The number of aliphatic hydroxyl groups is 1. The molecule has 1 aromatic rings. The number of aromatic nitrogens is 2. The molecule has 1 amide bonds. The van der Waals surface area contributed by atoms with E-state index in [1.807, 2.05) is 4.90 Å². The summed E-state index contributed by atoms with van der Waals surface area (Å²) in [5.74, 6) is 0.555. The number of nitrogens with zero attached hydrogens (tertiary/aromatic N) is 3. The summed E-state index contributed by atoms with van der Waals surface area (Å²) in [5, 5.41) is 12.1. The molecule has 1 heterocycles. The number of hydrogen-bond acceptors (Lipinski definition) is 5. The topological polar surface area (TPSA) is 78.4 Å². The third-order valence-corrected chi connectivity index (χ3v) is 3.74. The van der Waals surface area contributed by atoms with Gasteiger partial charge in [-0.05, 0) is 32.1 Å². The van der Waals surface area contributed by atoms with E-state index in [1.165, 1.54) is 6.20 Å². The Morgan fingerprint density at radius 1 is 1.48 bits per heavy atom. The van der Waals surface area contributed by atoms with Gasteiger partial charge in [-0.15, -0.1) is 0 Å². The van der Waals surface area contributed by atoms with Crippen LogP contribution in [0.5, 0.6) is 0 Å². The van der Waals surface area contributed by atoms with Gasteiger partial charge in [0.15, 0.2) is 0 Å². The summed E-state index contributed by atoms with van der Waals surface area (Å²) in [4.78, 5) is 22.9. The molecule has 0 aromatic carbocycles. The van der Waals surface area contributed by atoms with E-state index >= 15 is 0 Å². The van der Waals surface area contributed by atoms with Crippen LogP contribution in [0.4, 0.5) is 5.82 Å². The first kappa shape index (κ1) is 15.7. The normalized spacial score (nSPS) is 14.6. The highest BCUT2D eigenvalue weighted by molar-refractivity contribution is 5.92. The third kappa shape index (κ3) is 4.14. The minimum atomic E-state index is -0.0826. The van der Waals surface area contributed by atoms with Gasteiger partial charge in [0.1, 0.15) is 11.5 Å². The molecule has 21 heavy (non-hydrogen) atoms. The monoisotopic (exact) mass is 292 g/mol. The highest BCUT2D eigenvalue weighted by atomic mass is 16.3. The molecule has 116 valence electrons. The van der Waals surface area contributed by atoms with Crippen LogP contribution in [0.1, 0.15) is 49.5 Å². The van der Waals surface area contributed by atoms with Crippen molar-refractivity contribution in [1.29, 1.82) is 0 Å². The molecular formula is C15H24N4O2. The molecule has 0 radical (unpaired) electrons. The van der Waals surface area contributed by atoms with Gasteiger partial charge in [0.05, 0.1) is 12.4 Å². The number of anilines is 1. The highest BCUT2D eigenvalue weighted by Crippen LogP contribution is 2.26. The zero-order valence-electron chi connectivity index (χ0n) is 12.6. The van der Waals surface area contributed by atoms with Crippen molar-refractivity contribution >= 4 is 11.7 Å². The summed E-state index contributed by atoms with van der Waals surface area (Å²) in [6.07, 6.45) is 7.99. The summed E-state index contributed by atoms with van der Waals surface area (Å²) < 4.78 is 0.